The Morgan fingerprint density at radius 1 is 1.36 bits per heavy atom. The second-order valence-corrected chi connectivity index (χ2v) is 3.02. The number of aliphatic hydroxyl groups is 1. The summed E-state index contributed by atoms with van der Waals surface area (Å²) in [5, 5.41) is 9.35. The lowest BCUT2D eigenvalue weighted by atomic mass is 10.2. The van der Waals surface area contributed by atoms with E-state index in [9.17, 15) is 5.11 Å². The molecule has 0 saturated carbocycles. The molecule has 14 heavy (non-hydrogen) atoms. The van der Waals surface area contributed by atoms with Gasteiger partial charge in [0.2, 0.25) is 0 Å². The Morgan fingerprint density at radius 2 is 2.14 bits per heavy atom. The van der Waals surface area contributed by atoms with Crippen LogP contribution in [-0.4, -0.2) is 31.2 Å². The summed E-state index contributed by atoms with van der Waals surface area (Å²) in [7, 11) is 0. The van der Waals surface area contributed by atoms with Gasteiger partial charge in [0.05, 0.1) is 13.2 Å². The molecule has 0 aliphatic heterocycles. The Kier molecular flexibility index (Phi) is 10.4. The molecule has 0 unspecified atom stereocenters. The zero-order valence-electron chi connectivity index (χ0n) is 9.24. The van der Waals surface area contributed by atoms with E-state index in [0.717, 1.165) is 12.8 Å². The summed E-state index contributed by atoms with van der Waals surface area (Å²) in [5.41, 5.74) is 0. The van der Waals surface area contributed by atoms with E-state index < -0.39 is 6.29 Å². The number of hydrogen-bond acceptors (Lipinski definition) is 3. The highest BCUT2D eigenvalue weighted by Crippen LogP contribution is 2.02. The molecule has 0 bridgehead atoms. The Hall–Kier alpha value is -0.380. The largest absolute Gasteiger partial charge is 0.379 e. The van der Waals surface area contributed by atoms with Crippen LogP contribution in [0, 0.1) is 0 Å². The lowest BCUT2D eigenvalue weighted by Crippen LogP contribution is -2.15. The third-order valence-corrected chi connectivity index (χ3v) is 1.80. The van der Waals surface area contributed by atoms with E-state index in [1.807, 2.05) is 19.9 Å². The Morgan fingerprint density at radius 3 is 2.79 bits per heavy atom. The van der Waals surface area contributed by atoms with Gasteiger partial charge in [0.25, 0.3) is 0 Å². The van der Waals surface area contributed by atoms with Gasteiger partial charge in [-0.05, 0) is 33.1 Å². The fourth-order valence-corrected chi connectivity index (χ4v) is 1.05. The van der Waals surface area contributed by atoms with Crippen LogP contribution in [-0.2, 0) is 9.47 Å². The van der Waals surface area contributed by atoms with Gasteiger partial charge in [-0.25, -0.2) is 0 Å². The summed E-state index contributed by atoms with van der Waals surface area (Å²) >= 11 is 0. The van der Waals surface area contributed by atoms with Crippen LogP contribution in [0.5, 0.6) is 0 Å². The number of unbranched alkanes of at least 4 members (excludes halogenated alkanes) is 1. The summed E-state index contributed by atoms with van der Waals surface area (Å²) in [6.07, 6.45) is 6.12. The molecule has 0 aliphatic rings. The van der Waals surface area contributed by atoms with Crippen molar-refractivity contribution in [2.75, 3.05) is 19.8 Å². The van der Waals surface area contributed by atoms with Crippen LogP contribution in [0.1, 0.15) is 33.1 Å². The molecule has 0 saturated heterocycles. The minimum absolute atomic E-state index is 0.471. The van der Waals surface area contributed by atoms with Crippen LogP contribution < -0.4 is 0 Å². The zero-order chi connectivity index (χ0) is 10.6. The van der Waals surface area contributed by atoms with E-state index in [4.69, 9.17) is 9.47 Å². The van der Waals surface area contributed by atoms with Crippen molar-refractivity contribution in [2.24, 2.45) is 0 Å². The smallest absolute Gasteiger partial charge is 0.154 e. The highest BCUT2D eigenvalue weighted by atomic mass is 16.6. The first-order chi connectivity index (χ1) is 6.81. The van der Waals surface area contributed by atoms with Crippen LogP contribution in [0.15, 0.2) is 12.2 Å². The van der Waals surface area contributed by atoms with Crippen molar-refractivity contribution in [3.05, 3.63) is 12.2 Å². The maximum Gasteiger partial charge on any atom is 0.154 e. The Bertz CT molecular complexity index is 134. The van der Waals surface area contributed by atoms with Crippen molar-refractivity contribution in [3.8, 4) is 0 Å². The molecule has 3 heteroatoms. The average Bonchev–Trinajstić information content (AvgIpc) is 2.19. The molecule has 3 nitrogen and oxygen atoms in total. The van der Waals surface area contributed by atoms with E-state index >= 15 is 0 Å². The quantitative estimate of drug-likeness (QED) is 0.353. The van der Waals surface area contributed by atoms with Crippen molar-refractivity contribution in [3.63, 3.8) is 0 Å². The predicted octanol–water partition coefficient (Wildman–Crippen LogP) is 2.10. The summed E-state index contributed by atoms with van der Waals surface area (Å²) in [5.74, 6) is 0. The van der Waals surface area contributed by atoms with Crippen molar-refractivity contribution in [2.45, 2.75) is 39.4 Å². The number of hydrogen-bond donors (Lipinski definition) is 1. The monoisotopic (exact) mass is 202 g/mol. The van der Waals surface area contributed by atoms with Gasteiger partial charge in [-0.3, -0.25) is 0 Å². The first kappa shape index (κ1) is 13.6. The van der Waals surface area contributed by atoms with E-state index in [0.29, 0.717) is 26.2 Å². The van der Waals surface area contributed by atoms with Gasteiger partial charge < -0.3 is 14.6 Å². The molecule has 0 aliphatic carbocycles. The normalized spacial score (nSPS) is 13.6. The molecule has 1 N–H and O–H groups in total. The van der Waals surface area contributed by atoms with Crippen molar-refractivity contribution in [1.29, 1.82) is 0 Å². The van der Waals surface area contributed by atoms with Gasteiger partial charge in [0, 0.05) is 6.61 Å². The lowest BCUT2D eigenvalue weighted by Gasteiger charge is -2.10. The van der Waals surface area contributed by atoms with Crippen molar-refractivity contribution in [1.82, 2.24) is 0 Å². The van der Waals surface area contributed by atoms with Gasteiger partial charge in [-0.2, -0.15) is 0 Å². The molecule has 0 fully saturated rings. The molecule has 0 spiro atoms. The molecule has 0 aromatic carbocycles. The molecule has 0 radical (unpaired) electrons. The fraction of sp³-hybridized carbons (Fsp3) is 0.818. The fourth-order valence-electron chi connectivity index (χ4n) is 1.05. The standard InChI is InChI=1S/C11H22O3/c1-3-5-6-7-8-11(12)14-10-9-13-4-2/h3,5,11-12H,4,6-10H2,1-2H3/b5-3+/t11-/m1/s1. The molecule has 0 heterocycles. The highest BCUT2D eigenvalue weighted by molar-refractivity contribution is 4.76. The summed E-state index contributed by atoms with van der Waals surface area (Å²) in [6, 6.07) is 0. The minimum Gasteiger partial charge on any atom is -0.379 e. The van der Waals surface area contributed by atoms with Gasteiger partial charge in [0.1, 0.15) is 0 Å². The number of aliphatic hydroxyl groups excluding tert-OH is 1. The number of ether oxygens (including phenoxy) is 2. The van der Waals surface area contributed by atoms with Crippen LogP contribution >= 0.6 is 0 Å². The summed E-state index contributed by atoms with van der Waals surface area (Å²) < 4.78 is 10.2. The maximum absolute atomic E-state index is 9.35. The Labute approximate surface area is 86.7 Å². The topological polar surface area (TPSA) is 38.7 Å². The summed E-state index contributed by atoms with van der Waals surface area (Å²) in [6.45, 7) is 5.66. The van der Waals surface area contributed by atoms with Gasteiger partial charge >= 0.3 is 0 Å². The molecular weight excluding hydrogens is 180 g/mol. The average molecular weight is 202 g/mol. The van der Waals surface area contributed by atoms with Crippen LogP contribution in [0.25, 0.3) is 0 Å². The van der Waals surface area contributed by atoms with Gasteiger partial charge in [-0.15, -0.1) is 0 Å². The second kappa shape index (κ2) is 10.7. The molecule has 0 amide bonds. The van der Waals surface area contributed by atoms with E-state index in [-0.39, 0.29) is 0 Å². The number of allylic oxidation sites excluding steroid dienone is 2. The second-order valence-electron chi connectivity index (χ2n) is 3.02. The van der Waals surface area contributed by atoms with Crippen molar-refractivity contribution >= 4 is 0 Å². The van der Waals surface area contributed by atoms with E-state index in [2.05, 4.69) is 6.08 Å². The molecule has 1 atom stereocenters. The molecule has 0 aromatic heterocycles. The van der Waals surface area contributed by atoms with Crippen molar-refractivity contribution < 1.29 is 14.6 Å². The summed E-state index contributed by atoms with van der Waals surface area (Å²) in [4.78, 5) is 0. The molecule has 84 valence electrons. The number of rotatable bonds is 9. The third kappa shape index (κ3) is 9.71. The SMILES string of the molecule is C/C=C/CCC[C@H](O)OCCOCC. The van der Waals surface area contributed by atoms with Crippen LogP contribution in [0.2, 0.25) is 0 Å². The molecule has 0 rings (SSSR count). The predicted molar refractivity (Wildman–Crippen MR) is 57.1 cm³/mol. The molecular formula is C11H22O3. The first-order valence-electron chi connectivity index (χ1n) is 5.29. The van der Waals surface area contributed by atoms with Gasteiger partial charge in [-0.1, -0.05) is 12.2 Å². The van der Waals surface area contributed by atoms with E-state index in [1.165, 1.54) is 0 Å². The van der Waals surface area contributed by atoms with Crippen LogP contribution in [0.4, 0.5) is 0 Å². The first-order valence-corrected chi connectivity index (χ1v) is 5.29. The van der Waals surface area contributed by atoms with E-state index in [1.54, 1.807) is 0 Å². The molecule has 0 aromatic rings. The highest BCUT2D eigenvalue weighted by Gasteiger charge is 2.02. The third-order valence-electron chi connectivity index (χ3n) is 1.80. The Balaban J connectivity index is 3.15. The lowest BCUT2D eigenvalue weighted by molar-refractivity contribution is -0.115. The van der Waals surface area contributed by atoms with Gasteiger partial charge in [0.15, 0.2) is 6.29 Å². The maximum atomic E-state index is 9.35. The minimum atomic E-state index is -0.638. The zero-order valence-corrected chi connectivity index (χ0v) is 9.24. The van der Waals surface area contributed by atoms with Crippen LogP contribution in [0.3, 0.4) is 0 Å².